The van der Waals surface area contributed by atoms with E-state index in [2.05, 4.69) is 15.2 Å². The number of imidazole rings is 1. The largest absolute Gasteiger partial charge is 0.350 e. The van der Waals surface area contributed by atoms with Crippen molar-refractivity contribution in [2.45, 2.75) is 49.1 Å². The molecular weight excluding hydrogens is 535 g/mol. The fourth-order valence-electron chi connectivity index (χ4n) is 4.96. The number of piperazine rings is 1. The quantitative estimate of drug-likeness (QED) is 0.579. The molecule has 2 fully saturated rings. The minimum atomic E-state index is -3.73. The molecule has 0 unspecified atom stereocenters. The number of nitrogens with one attached hydrogen (secondary N) is 1. The number of aryl methyl sites for hydroxylation is 2. The third-order valence-electron chi connectivity index (χ3n) is 7.12. The Bertz CT molecular complexity index is 1190. The van der Waals surface area contributed by atoms with Gasteiger partial charge in [-0.3, -0.25) is 9.69 Å². The Morgan fingerprint density at radius 1 is 1.14 bits per heavy atom. The number of aromatic nitrogens is 2. The molecule has 1 aromatic heterocycles. The van der Waals surface area contributed by atoms with E-state index in [0.717, 1.165) is 5.56 Å². The topological polar surface area (TPSA) is 87.5 Å². The summed E-state index contributed by atoms with van der Waals surface area (Å²) in [5.41, 5.74) is 0.544. The van der Waals surface area contributed by atoms with E-state index < -0.39 is 21.5 Å². The fraction of sp³-hybridized carbons (Fsp3) is 0.565. The van der Waals surface area contributed by atoms with Gasteiger partial charge in [-0.15, -0.1) is 12.4 Å². The molecule has 13 heteroatoms. The normalized spacial score (nSPS) is 20.5. The molecule has 8 nitrogen and oxygen atoms in total. The molecule has 2 aromatic rings. The Kier molecular flexibility index (Phi) is 8.72. The van der Waals surface area contributed by atoms with E-state index in [9.17, 15) is 22.0 Å². The zero-order valence-electron chi connectivity index (χ0n) is 20.2. The molecule has 1 aliphatic heterocycles. The minimum Gasteiger partial charge on any atom is -0.350 e. The summed E-state index contributed by atoms with van der Waals surface area (Å²) in [7, 11) is -2.03. The van der Waals surface area contributed by atoms with Crippen LogP contribution in [0.5, 0.6) is 0 Å². The van der Waals surface area contributed by atoms with Crippen molar-refractivity contribution in [2.24, 2.45) is 7.05 Å². The van der Waals surface area contributed by atoms with E-state index in [-0.39, 0.29) is 68.7 Å². The average molecular weight is 567 g/mol. The highest BCUT2D eigenvalue weighted by molar-refractivity contribution is 7.89. The van der Waals surface area contributed by atoms with E-state index in [1.165, 1.54) is 16.8 Å². The van der Waals surface area contributed by atoms with Gasteiger partial charge in [0.15, 0.2) is 5.03 Å². The van der Waals surface area contributed by atoms with Gasteiger partial charge in [0.05, 0.1) is 6.33 Å². The number of nitrogens with zero attached hydrogens (tertiary/aromatic N) is 4. The zero-order valence-corrected chi connectivity index (χ0v) is 22.6. The molecule has 2 heterocycles. The molecule has 1 saturated heterocycles. The van der Waals surface area contributed by atoms with E-state index in [4.69, 9.17) is 11.6 Å². The Hall–Kier alpha value is -1.79. The van der Waals surface area contributed by atoms with Crippen molar-refractivity contribution in [1.29, 1.82) is 0 Å². The van der Waals surface area contributed by atoms with Crippen molar-refractivity contribution in [3.8, 4) is 0 Å². The van der Waals surface area contributed by atoms with Crippen LogP contribution < -0.4 is 5.32 Å². The summed E-state index contributed by atoms with van der Waals surface area (Å²) in [6, 6.07) is 4.99. The number of carbonyl (C=O) groups excluding carboxylic acids is 1. The average Bonchev–Trinajstić information content (AvgIpc) is 3.26. The summed E-state index contributed by atoms with van der Waals surface area (Å²) in [5, 5.41) is 3.47. The first kappa shape index (κ1) is 28.8. The van der Waals surface area contributed by atoms with Gasteiger partial charge in [-0.2, -0.15) is 4.31 Å². The third-order valence-corrected chi connectivity index (χ3v) is 9.14. The van der Waals surface area contributed by atoms with Gasteiger partial charge in [-0.1, -0.05) is 11.6 Å². The Labute approximate surface area is 221 Å². The number of carbonyl (C=O) groups is 1. The molecular formula is C23H31Cl2F2N5O3S. The van der Waals surface area contributed by atoms with Gasteiger partial charge in [0.2, 0.25) is 5.92 Å². The highest BCUT2D eigenvalue weighted by Gasteiger charge is 2.48. The van der Waals surface area contributed by atoms with Gasteiger partial charge in [-0.25, -0.2) is 22.2 Å². The van der Waals surface area contributed by atoms with Gasteiger partial charge >= 0.3 is 0 Å². The molecule has 0 bridgehead atoms. The van der Waals surface area contributed by atoms with Crippen LogP contribution in [-0.4, -0.2) is 77.3 Å². The van der Waals surface area contributed by atoms with Crippen LogP contribution in [0.15, 0.2) is 35.7 Å². The lowest BCUT2D eigenvalue weighted by Gasteiger charge is -2.50. The molecule has 36 heavy (non-hydrogen) atoms. The lowest BCUT2D eigenvalue weighted by Crippen LogP contribution is -2.63. The highest BCUT2D eigenvalue weighted by atomic mass is 35.5. The molecule has 1 aliphatic carbocycles. The molecule has 4 rings (SSSR count). The number of alkyl halides is 2. The molecule has 200 valence electrons. The second-order valence-corrected chi connectivity index (χ2v) is 11.8. The molecule has 0 atom stereocenters. The molecule has 2 aliphatic rings. The molecule has 1 aromatic carbocycles. The number of hydrogen-bond acceptors (Lipinski definition) is 5. The zero-order chi connectivity index (χ0) is 25.4. The summed E-state index contributed by atoms with van der Waals surface area (Å²) in [6.07, 6.45) is 2.79. The van der Waals surface area contributed by atoms with Crippen LogP contribution in [0.2, 0.25) is 5.02 Å². The van der Waals surface area contributed by atoms with Crippen molar-refractivity contribution in [3.05, 3.63) is 46.9 Å². The maximum atomic E-state index is 14.1. The second kappa shape index (κ2) is 10.9. The van der Waals surface area contributed by atoms with Crippen LogP contribution in [-0.2, 0) is 17.1 Å². The van der Waals surface area contributed by atoms with Crippen LogP contribution in [0.1, 0.15) is 41.6 Å². The monoisotopic (exact) mass is 565 g/mol. The van der Waals surface area contributed by atoms with Crippen LogP contribution in [0.25, 0.3) is 0 Å². The van der Waals surface area contributed by atoms with Crippen LogP contribution in [0.3, 0.4) is 0 Å². The van der Waals surface area contributed by atoms with Crippen molar-refractivity contribution in [3.63, 3.8) is 0 Å². The highest BCUT2D eigenvalue weighted by Crippen LogP contribution is 2.42. The number of halogens is 4. The number of sulfonamides is 1. The first-order chi connectivity index (χ1) is 16.4. The van der Waals surface area contributed by atoms with Crippen molar-refractivity contribution < 1.29 is 22.0 Å². The number of rotatable bonds is 6. The van der Waals surface area contributed by atoms with Gasteiger partial charge in [0.1, 0.15) is 0 Å². The van der Waals surface area contributed by atoms with Crippen LogP contribution in [0, 0.1) is 6.92 Å². The summed E-state index contributed by atoms with van der Waals surface area (Å²) in [6.45, 7) is 3.21. The standard InChI is InChI=1S/C23H30ClF2N5O3S.ClH/c1-17-13-18(24)3-4-19(17)21(32)27-15-22(5-7-23(25,26)8-6-22)30-9-11-31(12-10-30)35(33,34)20-14-29(2)16-28-20;/h3-4,13-14,16H,5-12,15H2,1-2H3,(H,27,32);1H. The third kappa shape index (κ3) is 6.02. The SMILES string of the molecule is Cc1cc(Cl)ccc1C(=O)NCC1(N2CCN(S(=O)(=O)c3cn(C)cn3)CC2)CCC(F)(F)CC1.Cl. The molecule has 1 saturated carbocycles. The van der Waals surface area contributed by atoms with E-state index in [1.807, 2.05) is 0 Å². The van der Waals surface area contributed by atoms with Crippen LogP contribution in [0.4, 0.5) is 8.78 Å². The molecule has 1 amide bonds. The number of hydrogen-bond donors (Lipinski definition) is 1. The summed E-state index contributed by atoms with van der Waals surface area (Å²) >= 11 is 5.99. The number of amides is 1. The molecule has 0 spiro atoms. The number of benzene rings is 1. The Morgan fingerprint density at radius 3 is 2.33 bits per heavy atom. The molecule has 0 radical (unpaired) electrons. The van der Waals surface area contributed by atoms with Crippen LogP contribution >= 0.6 is 24.0 Å². The maximum Gasteiger partial charge on any atom is 0.262 e. The lowest BCUT2D eigenvalue weighted by atomic mass is 9.78. The predicted octanol–water partition coefficient (Wildman–Crippen LogP) is 3.49. The summed E-state index contributed by atoms with van der Waals surface area (Å²) in [4.78, 5) is 18.9. The van der Waals surface area contributed by atoms with Crippen molar-refractivity contribution in [2.75, 3.05) is 32.7 Å². The van der Waals surface area contributed by atoms with Gasteiger partial charge in [0.25, 0.3) is 15.9 Å². The second-order valence-electron chi connectivity index (χ2n) is 9.49. The summed E-state index contributed by atoms with van der Waals surface area (Å²) < 4.78 is 57.0. The van der Waals surface area contributed by atoms with E-state index in [0.29, 0.717) is 23.7 Å². The van der Waals surface area contributed by atoms with Gasteiger partial charge < -0.3 is 9.88 Å². The van der Waals surface area contributed by atoms with E-state index >= 15 is 0 Å². The van der Waals surface area contributed by atoms with Crippen molar-refractivity contribution in [1.82, 2.24) is 24.1 Å². The first-order valence-corrected chi connectivity index (χ1v) is 13.4. The maximum absolute atomic E-state index is 14.1. The smallest absolute Gasteiger partial charge is 0.262 e. The fourth-order valence-corrected chi connectivity index (χ4v) is 6.58. The predicted molar refractivity (Wildman–Crippen MR) is 135 cm³/mol. The van der Waals surface area contributed by atoms with Gasteiger partial charge in [0, 0.05) is 74.9 Å². The van der Waals surface area contributed by atoms with Gasteiger partial charge in [-0.05, 0) is 43.5 Å². The Balaban J connectivity index is 0.00000361. The minimum absolute atomic E-state index is 0. The lowest BCUT2D eigenvalue weighted by molar-refractivity contribution is -0.0856. The molecule has 1 N–H and O–H groups in total. The van der Waals surface area contributed by atoms with E-state index in [1.54, 1.807) is 36.7 Å². The van der Waals surface area contributed by atoms with Crippen molar-refractivity contribution >= 4 is 39.9 Å². The first-order valence-electron chi connectivity index (χ1n) is 11.6. The summed E-state index contributed by atoms with van der Waals surface area (Å²) in [5.74, 6) is -3.02. The Morgan fingerprint density at radius 2 is 1.78 bits per heavy atom.